The first-order valence-corrected chi connectivity index (χ1v) is 6.93. The molecule has 1 saturated heterocycles. The molecule has 1 heterocycles. The maximum absolute atomic E-state index is 9.18. The molecular weight excluding hydrogens is 313 g/mol. The average Bonchev–Trinajstić information content (AvgIpc) is 2.32. The number of halogens is 1. The summed E-state index contributed by atoms with van der Waals surface area (Å²) in [7, 11) is 0. The van der Waals surface area contributed by atoms with Crippen molar-refractivity contribution >= 4 is 22.6 Å². The quantitative estimate of drug-likeness (QED) is 0.861. The van der Waals surface area contributed by atoms with Crippen molar-refractivity contribution in [3.05, 3.63) is 33.4 Å². The van der Waals surface area contributed by atoms with E-state index in [0.29, 0.717) is 12.5 Å². The first kappa shape index (κ1) is 12.3. The predicted octanol–water partition coefficient (Wildman–Crippen LogP) is 2.50. The Morgan fingerprint density at radius 3 is 2.75 bits per heavy atom. The highest BCUT2D eigenvalue weighted by atomic mass is 127. The molecule has 0 aromatic heterocycles. The van der Waals surface area contributed by atoms with Crippen molar-refractivity contribution in [1.82, 2.24) is 4.90 Å². The van der Waals surface area contributed by atoms with Gasteiger partial charge in [0.2, 0.25) is 0 Å². The monoisotopic (exact) mass is 331 g/mol. The van der Waals surface area contributed by atoms with E-state index in [2.05, 4.69) is 51.8 Å². The van der Waals surface area contributed by atoms with Gasteiger partial charge in [0.05, 0.1) is 0 Å². The Morgan fingerprint density at radius 2 is 2.06 bits per heavy atom. The second-order valence-corrected chi connectivity index (χ2v) is 5.80. The van der Waals surface area contributed by atoms with E-state index >= 15 is 0 Å². The number of hydrogen-bond donors (Lipinski definition) is 1. The standard InChI is InChI=1S/C13H18INO/c14-13-5-3-11(4-6-13)8-15-7-1-2-12(9-15)10-16/h3-6,12,16H,1-2,7-10H2. The van der Waals surface area contributed by atoms with Gasteiger partial charge in [0, 0.05) is 23.3 Å². The minimum Gasteiger partial charge on any atom is -0.396 e. The lowest BCUT2D eigenvalue weighted by Crippen LogP contribution is -2.36. The molecule has 0 amide bonds. The fraction of sp³-hybridized carbons (Fsp3) is 0.538. The molecule has 1 atom stereocenters. The molecule has 0 aliphatic carbocycles. The van der Waals surface area contributed by atoms with Gasteiger partial charge in [-0.2, -0.15) is 0 Å². The van der Waals surface area contributed by atoms with Gasteiger partial charge in [-0.1, -0.05) is 12.1 Å². The van der Waals surface area contributed by atoms with Crippen molar-refractivity contribution in [2.24, 2.45) is 5.92 Å². The minimum atomic E-state index is 0.336. The van der Waals surface area contributed by atoms with E-state index in [4.69, 9.17) is 0 Å². The van der Waals surface area contributed by atoms with Crippen LogP contribution in [0.2, 0.25) is 0 Å². The number of aliphatic hydroxyl groups excluding tert-OH is 1. The topological polar surface area (TPSA) is 23.5 Å². The Morgan fingerprint density at radius 1 is 1.31 bits per heavy atom. The molecule has 1 unspecified atom stereocenters. The van der Waals surface area contributed by atoms with Gasteiger partial charge >= 0.3 is 0 Å². The van der Waals surface area contributed by atoms with Crippen LogP contribution in [0.25, 0.3) is 0 Å². The summed E-state index contributed by atoms with van der Waals surface area (Å²) in [6.45, 7) is 3.57. The maximum atomic E-state index is 9.18. The SMILES string of the molecule is OCC1CCCN(Cc2ccc(I)cc2)C1. The van der Waals surface area contributed by atoms with Crippen LogP contribution in [0.4, 0.5) is 0 Å². The normalized spacial score (nSPS) is 22.2. The highest BCUT2D eigenvalue weighted by Crippen LogP contribution is 2.18. The van der Waals surface area contributed by atoms with Crippen LogP contribution in [-0.2, 0) is 6.54 Å². The van der Waals surface area contributed by atoms with Crippen molar-refractivity contribution < 1.29 is 5.11 Å². The van der Waals surface area contributed by atoms with Gasteiger partial charge in [-0.05, 0) is 65.6 Å². The minimum absolute atomic E-state index is 0.336. The molecule has 0 bridgehead atoms. The molecule has 0 saturated carbocycles. The van der Waals surface area contributed by atoms with E-state index in [9.17, 15) is 5.11 Å². The van der Waals surface area contributed by atoms with Crippen LogP contribution in [0.1, 0.15) is 18.4 Å². The van der Waals surface area contributed by atoms with E-state index in [0.717, 1.165) is 13.1 Å². The van der Waals surface area contributed by atoms with Gasteiger partial charge in [0.15, 0.2) is 0 Å². The largest absolute Gasteiger partial charge is 0.396 e. The van der Waals surface area contributed by atoms with Gasteiger partial charge in [-0.25, -0.2) is 0 Å². The maximum Gasteiger partial charge on any atom is 0.0471 e. The van der Waals surface area contributed by atoms with Crippen LogP contribution >= 0.6 is 22.6 Å². The number of hydrogen-bond acceptors (Lipinski definition) is 2. The Balaban J connectivity index is 1.91. The first-order valence-electron chi connectivity index (χ1n) is 5.85. The highest BCUT2D eigenvalue weighted by Gasteiger charge is 2.18. The van der Waals surface area contributed by atoms with Crippen molar-refractivity contribution in [3.63, 3.8) is 0 Å². The summed E-state index contributed by atoms with van der Waals surface area (Å²) < 4.78 is 1.29. The van der Waals surface area contributed by atoms with Crippen LogP contribution in [0.5, 0.6) is 0 Å². The predicted molar refractivity (Wildman–Crippen MR) is 74.2 cm³/mol. The van der Waals surface area contributed by atoms with Crippen LogP contribution in [0.15, 0.2) is 24.3 Å². The Kier molecular flexibility index (Phi) is 4.61. The van der Waals surface area contributed by atoms with Crippen LogP contribution in [-0.4, -0.2) is 29.7 Å². The Labute approximate surface area is 111 Å². The van der Waals surface area contributed by atoms with Crippen LogP contribution < -0.4 is 0 Å². The lowest BCUT2D eigenvalue weighted by molar-refractivity contribution is 0.116. The molecule has 1 N–H and O–H groups in total. The number of nitrogens with zero attached hydrogens (tertiary/aromatic N) is 1. The van der Waals surface area contributed by atoms with Crippen LogP contribution in [0, 0.1) is 9.49 Å². The van der Waals surface area contributed by atoms with E-state index in [1.165, 1.54) is 28.5 Å². The van der Waals surface area contributed by atoms with E-state index < -0.39 is 0 Å². The van der Waals surface area contributed by atoms with E-state index in [1.807, 2.05) is 0 Å². The third kappa shape index (κ3) is 3.43. The number of likely N-dealkylation sites (tertiary alicyclic amines) is 1. The second kappa shape index (κ2) is 5.98. The molecule has 3 heteroatoms. The number of piperidine rings is 1. The molecule has 1 fully saturated rings. The van der Waals surface area contributed by atoms with Crippen molar-refractivity contribution in [1.29, 1.82) is 0 Å². The summed E-state index contributed by atoms with van der Waals surface area (Å²) in [6.07, 6.45) is 2.40. The zero-order chi connectivity index (χ0) is 11.4. The van der Waals surface area contributed by atoms with Crippen molar-refractivity contribution in [2.75, 3.05) is 19.7 Å². The van der Waals surface area contributed by atoms with Gasteiger partial charge in [-0.15, -0.1) is 0 Å². The summed E-state index contributed by atoms with van der Waals surface area (Å²) in [5.74, 6) is 0.484. The third-order valence-corrected chi connectivity index (χ3v) is 3.90. The molecule has 16 heavy (non-hydrogen) atoms. The molecule has 0 radical (unpaired) electrons. The van der Waals surface area contributed by atoms with Crippen molar-refractivity contribution in [3.8, 4) is 0 Å². The third-order valence-electron chi connectivity index (χ3n) is 3.18. The second-order valence-electron chi connectivity index (χ2n) is 4.55. The Bertz CT molecular complexity index is 325. The van der Waals surface area contributed by atoms with Crippen LogP contribution in [0.3, 0.4) is 0 Å². The molecule has 1 aliphatic rings. The summed E-state index contributed by atoms with van der Waals surface area (Å²) in [5, 5.41) is 9.18. The lowest BCUT2D eigenvalue weighted by Gasteiger charge is -2.31. The fourth-order valence-corrected chi connectivity index (χ4v) is 2.65. The lowest BCUT2D eigenvalue weighted by atomic mass is 9.98. The molecule has 88 valence electrons. The summed E-state index contributed by atoms with van der Waals surface area (Å²) in [6, 6.07) is 8.71. The zero-order valence-corrected chi connectivity index (χ0v) is 11.6. The summed E-state index contributed by atoms with van der Waals surface area (Å²) in [4.78, 5) is 2.45. The number of aliphatic hydroxyl groups is 1. The van der Waals surface area contributed by atoms with E-state index in [-0.39, 0.29) is 0 Å². The first-order chi connectivity index (χ1) is 7.78. The zero-order valence-electron chi connectivity index (χ0n) is 9.40. The molecular formula is C13H18INO. The Hall–Kier alpha value is -0.130. The molecule has 2 rings (SSSR count). The van der Waals surface area contributed by atoms with Crippen molar-refractivity contribution in [2.45, 2.75) is 19.4 Å². The molecule has 2 nitrogen and oxygen atoms in total. The smallest absolute Gasteiger partial charge is 0.0471 e. The molecule has 0 spiro atoms. The average molecular weight is 331 g/mol. The van der Waals surface area contributed by atoms with Gasteiger partial charge in [0.25, 0.3) is 0 Å². The highest BCUT2D eigenvalue weighted by molar-refractivity contribution is 14.1. The molecule has 1 aromatic carbocycles. The van der Waals surface area contributed by atoms with E-state index in [1.54, 1.807) is 0 Å². The molecule has 1 aliphatic heterocycles. The summed E-state index contributed by atoms with van der Waals surface area (Å²) in [5.41, 5.74) is 1.37. The van der Waals surface area contributed by atoms with Gasteiger partial charge in [0.1, 0.15) is 0 Å². The molecule has 1 aromatic rings. The number of rotatable bonds is 3. The van der Waals surface area contributed by atoms with Gasteiger partial charge < -0.3 is 5.11 Å². The summed E-state index contributed by atoms with van der Waals surface area (Å²) >= 11 is 2.33. The fourth-order valence-electron chi connectivity index (χ4n) is 2.29. The van der Waals surface area contributed by atoms with Gasteiger partial charge in [-0.3, -0.25) is 4.90 Å². The number of benzene rings is 1.